The lowest BCUT2D eigenvalue weighted by Crippen LogP contribution is -2.08. The van der Waals surface area contributed by atoms with E-state index in [-0.39, 0.29) is 5.12 Å². The number of carbonyl (C=O) groups is 1. The van der Waals surface area contributed by atoms with Crippen LogP contribution in [0.15, 0.2) is 42.7 Å². The van der Waals surface area contributed by atoms with Crippen LogP contribution in [0.2, 0.25) is 0 Å². The summed E-state index contributed by atoms with van der Waals surface area (Å²) in [4.78, 5) is 26.5. The Morgan fingerprint density at radius 1 is 1.16 bits per heavy atom. The number of anilines is 2. The number of nitrogens with one attached hydrogen (secondary N) is 1. The van der Waals surface area contributed by atoms with Crippen molar-refractivity contribution in [3.05, 3.63) is 42.7 Å². The quantitative estimate of drug-likeness (QED) is 0.664. The molecule has 3 aromatic rings. The second-order valence-electron chi connectivity index (χ2n) is 5.79. The summed E-state index contributed by atoms with van der Waals surface area (Å²) in [6.45, 7) is 0.448. The van der Waals surface area contributed by atoms with Gasteiger partial charge in [0.2, 0.25) is 0 Å². The molecule has 7 heteroatoms. The van der Waals surface area contributed by atoms with Gasteiger partial charge in [0, 0.05) is 50.7 Å². The predicted octanol–water partition coefficient (Wildman–Crippen LogP) is 3.02. The minimum atomic E-state index is -0.168. The lowest BCUT2D eigenvalue weighted by molar-refractivity contribution is -0.110. The lowest BCUT2D eigenvalue weighted by atomic mass is 10.1. The van der Waals surface area contributed by atoms with E-state index in [4.69, 9.17) is 0 Å². The normalized spacial score (nSPS) is 10.7. The third kappa shape index (κ3) is 4.06. The Labute approximate surface area is 151 Å². The van der Waals surface area contributed by atoms with E-state index >= 15 is 0 Å². The van der Waals surface area contributed by atoms with Gasteiger partial charge in [-0.2, -0.15) is 0 Å². The van der Waals surface area contributed by atoms with Crippen LogP contribution in [0.25, 0.3) is 22.3 Å². The zero-order valence-corrected chi connectivity index (χ0v) is 15.0. The van der Waals surface area contributed by atoms with Gasteiger partial charge in [-0.15, -0.1) is 12.6 Å². The maximum absolute atomic E-state index is 11.0. The molecule has 0 spiro atoms. The average molecular weight is 353 g/mol. The first kappa shape index (κ1) is 17.2. The highest BCUT2D eigenvalue weighted by atomic mass is 32.1. The summed E-state index contributed by atoms with van der Waals surface area (Å²) in [7, 11) is 4.01. The number of benzene rings is 1. The molecule has 0 bridgehead atoms. The number of hydrogen-bond donors (Lipinski definition) is 2. The van der Waals surface area contributed by atoms with E-state index in [0.717, 1.165) is 22.5 Å². The summed E-state index contributed by atoms with van der Waals surface area (Å²) in [5, 5.41) is 3.00. The molecule has 0 atom stereocenters. The molecule has 3 rings (SSSR count). The number of pyridine rings is 1. The highest BCUT2D eigenvalue weighted by Crippen LogP contribution is 2.26. The lowest BCUT2D eigenvalue weighted by Gasteiger charge is -2.13. The molecule has 1 N–H and O–H groups in total. The molecule has 0 saturated carbocycles. The van der Waals surface area contributed by atoms with E-state index < -0.39 is 0 Å². The summed E-state index contributed by atoms with van der Waals surface area (Å²) in [5.41, 5.74) is 4.35. The highest BCUT2D eigenvalue weighted by Gasteiger charge is 2.10. The third-order valence-corrected chi connectivity index (χ3v) is 3.99. The minimum Gasteiger partial charge on any atom is -0.378 e. The molecule has 25 heavy (non-hydrogen) atoms. The first-order valence-corrected chi connectivity index (χ1v) is 8.34. The van der Waals surface area contributed by atoms with Crippen LogP contribution in [-0.2, 0) is 4.79 Å². The molecule has 0 radical (unpaired) electrons. The monoisotopic (exact) mass is 353 g/mol. The predicted molar refractivity (Wildman–Crippen MR) is 104 cm³/mol. The second-order valence-corrected chi connectivity index (χ2v) is 6.29. The number of rotatable bonds is 6. The van der Waals surface area contributed by atoms with Crippen molar-refractivity contribution in [1.82, 2.24) is 15.0 Å². The number of fused-ring (bicyclic) bond motifs is 1. The number of thiol groups is 1. The molecular weight excluding hydrogens is 334 g/mol. The molecule has 0 unspecified atom stereocenters. The molecule has 0 amide bonds. The van der Waals surface area contributed by atoms with E-state index in [1.165, 1.54) is 0 Å². The van der Waals surface area contributed by atoms with Crippen LogP contribution in [0.1, 0.15) is 6.42 Å². The zero-order chi connectivity index (χ0) is 17.8. The molecule has 0 saturated heterocycles. The maximum atomic E-state index is 11.0. The van der Waals surface area contributed by atoms with Gasteiger partial charge in [0.15, 0.2) is 10.9 Å². The van der Waals surface area contributed by atoms with Crippen molar-refractivity contribution in [3.63, 3.8) is 0 Å². The minimum absolute atomic E-state index is 0.168. The summed E-state index contributed by atoms with van der Waals surface area (Å²) in [5.74, 6) is 0.617. The molecule has 2 heterocycles. The number of aromatic nitrogens is 3. The molecule has 0 aliphatic heterocycles. The van der Waals surface area contributed by atoms with Crippen LogP contribution in [-0.4, -0.2) is 40.7 Å². The number of hydrogen-bond acceptors (Lipinski definition) is 6. The number of carbonyl (C=O) groups excluding carboxylic acids is 1. The summed E-state index contributed by atoms with van der Waals surface area (Å²) < 4.78 is 0. The molecule has 128 valence electrons. The molecule has 0 aliphatic carbocycles. The van der Waals surface area contributed by atoms with Crippen LogP contribution in [0.3, 0.4) is 0 Å². The second kappa shape index (κ2) is 7.48. The fraction of sp³-hybridized carbons (Fsp3) is 0.222. The SMILES string of the molecule is CN(C)c1ccc(-c2cc3nccnc3c(NCCC(=O)S)n2)cc1. The van der Waals surface area contributed by atoms with Crippen LogP contribution < -0.4 is 10.2 Å². The van der Waals surface area contributed by atoms with Crippen molar-refractivity contribution in [2.24, 2.45) is 0 Å². The zero-order valence-electron chi connectivity index (χ0n) is 14.1. The Balaban J connectivity index is 1.99. The van der Waals surface area contributed by atoms with Crippen molar-refractivity contribution >= 4 is 40.3 Å². The van der Waals surface area contributed by atoms with Crippen LogP contribution in [0.4, 0.5) is 11.5 Å². The van der Waals surface area contributed by atoms with Gasteiger partial charge in [0.25, 0.3) is 0 Å². The summed E-state index contributed by atoms with van der Waals surface area (Å²) in [6.07, 6.45) is 3.60. The van der Waals surface area contributed by atoms with Crippen molar-refractivity contribution in [1.29, 1.82) is 0 Å². The fourth-order valence-electron chi connectivity index (χ4n) is 2.46. The van der Waals surface area contributed by atoms with Gasteiger partial charge in [0.05, 0.1) is 11.2 Å². The van der Waals surface area contributed by atoms with Gasteiger partial charge >= 0.3 is 0 Å². The van der Waals surface area contributed by atoms with Crippen molar-refractivity contribution in [2.75, 3.05) is 30.9 Å². The third-order valence-electron chi connectivity index (χ3n) is 3.77. The van der Waals surface area contributed by atoms with E-state index in [0.29, 0.717) is 24.3 Å². The maximum Gasteiger partial charge on any atom is 0.187 e. The molecule has 0 aliphatic rings. The van der Waals surface area contributed by atoms with Gasteiger partial charge < -0.3 is 10.2 Å². The van der Waals surface area contributed by atoms with Gasteiger partial charge in [-0.3, -0.25) is 9.78 Å². The van der Waals surface area contributed by atoms with E-state index in [1.54, 1.807) is 12.4 Å². The first-order chi connectivity index (χ1) is 12.0. The van der Waals surface area contributed by atoms with Crippen LogP contribution >= 0.6 is 12.6 Å². The molecular formula is C18H19N5OS. The van der Waals surface area contributed by atoms with Gasteiger partial charge in [-0.1, -0.05) is 12.1 Å². The molecule has 6 nitrogen and oxygen atoms in total. The Morgan fingerprint density at radius 3 is 2.56 bits per heavy atom. The van der Waals surface area contributed by atoms with Crippen molar-refractivity contribution in [2.45, 2.75) is 6.42 Å². The standard InChI is InChI=1S/C18H19N5OS/c1-23(2)13-5-3-12(4-6-13)14-11-15-17(20-10-9-19-15)18(22-14)21-8-7-16(24)25/h3-6,9-11H,7-8H2,1-2H3,(H,21,22)(H,24,25). The van der Waals surface area contributed by atoms with E-state index in [9.17, 15) is 4.79 Å². The Hall–Kier alpha value is -2.67. The summed E-state index contributed by atoms with van der Waals surface area (Å²) >= 11 is 3.79. The Kier molecular flexibility index (Phi) is 5.14. The van der Waals surface area contributed by atoms with E-state index in [2.05, 4.69) is 32.9 Å². The summed E-state index contributed by atoms with van der Waals surface area (Å²) in [6, 6.07) is 10.1. The molecule has 1 aromatic carbocycles. The molecule has 0 fully saturated rings. The largest absolute Gasteiger partial charge is 0.378 e. The Bertz CT molecular complexity index is 896. The van der Waals surface area contributed by atoms with Gasteiger partial charge in [-0.05, 0) is 18.2 Å². The van der Waals surface area contributed by atoms with Crippen molar-refractivity contribution < 1.29 is 4.79 Å². The van der Waals surface area contributed by atoms with Gasteiger partial charge in [-0.25, -0.2) is 9.97 Å². The molecule has 2 aromatic heterocycles. The van der Waals surface area contributed by atoms with E-state index in [1.807, 2.05) is 49.3 Å². The van der Waals surface area contributed by atoms with Crippen LogP contribution in [0.5, 0.6) is 0 Å². The number of nitrogens with zero attached hydrogens (tertiary/aromatic N) is 4. The smallest absolute Gasteiger partial charge is 0.187 e. The first-order valence-electron chi connectivity index (χ1n) is 7.90. The fourth-order valence-corrected chi connectivity index (χ4v) is 2.57. The topological polar surface area (TPSA) is 71.0 Å². The van der Waals surface area contributed by atoms with Crippen LogP contribution in [0, 0.1) is 0 Å². The average Bonchev–Trinajstić information content (AvgIpc) is 2.61. The highest BCUT2D eigenvalue weighted by molar-refractivity contribution is 7.96. The van der Waals surface area contributed by atoms with Gasteiger partial charge in [0.1, 0.15) is 5.52 Å². The Morgan fingerprint density at radius 2 is 1.88 bits per heavy atom. The van der Waals surface area contributed by atoms with Crippen molar-refractivity contribution in [3.8, 4) is 11.3 Å².